The number of nitrogens with one attached hydrogen (secondary N) is 1. The average molecular weight is 431 g/mol. The Morgan fingerprint density at radius 3 is 2.65 bits per heavy atom. The number of fused-ring (bicyclic) bond motifs is 1. The van der Waals surface area contributed by atoms with Crippen LogP contribution in [0, 0.1) is 5.82 Å². The van der Waals surface area contributed by atoms with E-state index in [4.69, 9.17) is 0 Å². The first kappa shape index (κ1) is 20.8. The monoisotopic (exact) mass is 431 g/mol. The van der Waals surface area contributed by atoms with Gasteiger partial charge in [0.05, 0.1) is 23.4 Å². The minimum absolute atomic E-state index is 0.00751. The van der Waals surface area contributed by atoms with Gasteiger partial charge >= 0.3 is 6.18 Å². The van der Waals surface area contributed by atoms with Gasteiger partial charge in [-0.3, -0.25) is 9.59 Å². The molecule has 0 spiro atoms. The number of benzene rings is 2. The van der Waals surface area contributed by atoms with Gasteiger partial charge in [0.2, 0.25) is 0 Å². The first-order valence-electron chi connectivity index (χ1n) is 9.53. The Kier molecular flexibility index (Phi) is 5.34. The van der Waals surface area contributed by atoms with E-state index in [0.29, 0.717) is 5.69 Å². The fourth-order valence-electron chi connectivity index (χ4n) is 3.67. The second-order valence-electron chi connectivity index (χ2n) is 7.26. The van der Waals surface area contributed by atoms with Crippen LogP contribution in [0.1, 0.15) is 38.6 Å². The van der Waals surface area contributed by atoms with Crippen LogP contribution in [0.5, 0.6) is 0 Å². The van der Waals surface area contributed by atoms with Crippen molar-refractivity contribution in [2.45, 2.75) is 25.6 Å². The number of halogens is 4. The van der Waals surface area contributed by atoms with Crippen molar-refractivity contribution in [2.75, 3.05) is 6.54 Å². The van der Waals surface area contributed by atoms with Gasteiger partial charge in [0.25, 0.3) is 11.5 Å². The van der Waals surface area contributed by atoms with Crippen LogP contribution in [0.2, 0.25) is 0 Å². The first-order valence-corrected chi connectivity index (χ1v) is 9.53. The molecule has 1 aliphatic heterocycles. The summed E-state index contributed by atoms with van der Waals surface area (Å²) in [4.78, 5) is 33.5. The summed E-state index contributed by atoms with van der Waals surface area (Å²) in [6.07, 6.45) is -4.42. The van der Waals surface area contributed by atoms with Crippen LogP contribution >= 0.6 is 0 Å². The number of carbonyl (C=O) groups excluding carboxylic acids is 1. The molecular formula is C22H17F4N3O2. The van der Waals surface area contributed by atoms with Crippen molar-refractivity contribution in [1.29, 1.82) is 0 Å². The number of aromatic nitrogens is 2. The zero-order valence-corrected chi connectivity index (χ0v) is 16.2. The molecule has 2 aromatic carbocycles. The highest BCUT2D eigenvalue weighted by atomic mass is 19.4. The molecule has 2 heterocycles. The number of amides is 1. The lowest BCUT2D eigenvalue weighted by atomic mass is 10.0. The van der Waals surface area contributed by atoms with E-state index >= 15 is 0 Å². The molecule has 0 radical (unpaired) electrons. The summed E-state index contributed by atoms with van der Waals surface area (Å²) in [7, 11) is 0. The number of rotatable bonds is 3. The number of aromatic amines is 1. The largest absolute Gasteiger partial charge is 0.416 e. The van der Waals surface area contributed by atoms with E-state index in [1.807, 2.05) is 0 Å². The highest BCUT2D eigenvalue weighted by Crippen LogP contribution is 2.32. The Morgan fingerprint density at radius 2 is 1.90 bits per heavy atom. The molecule has 1 N–H and O–H groups in total. The predicted octanol–water partition coefficient (Wildman–Crippen LogP) is 3.72. The molecular weight excluding hydrogens is 414 g/mol. The number of nitrogens with zero attached hydrogens (tertiary/aromatic N) is 2. The Labute approximate surface area is 174 Å². The summed E-state index contributed by atoms with van der Waals surface area (Å²) in [5, 5.41) is 0. The van der Waals surface area contributed by atoms with E-state index < -0.39 is 29.0 Å². The molecule has 1 aromatic heterocycles. The quantitative estimate of drug-likeness (QED) is 0.643. The van der Waals surface area contributed by atoms with Gasteiger partial charge < -0.3 is 9.88 Å². The highest BCUT2D eigenvalue weighted by molar-refractivity contribution is 5.94. The molecule has 0 atom stereocenters. The van der Waals surface area contributed by atoms with Crippen molar-refractivity contribution in [2.24, 2.45) is 0 Å². The third-order valence-corrected chi connectivity index (χ3v) is 5.16. The fraction of sp³-hybridized carbons (Fsp3) is 0.227. The molecule has 160 valence electrons. The first-order chi connectivity index (χ1) is 14.7. The van der Waals surface area contributed by atoms with Gasteiger partial charge in [0.15, 0.2) is 0 Å². The lowest BCUT2D eigenvalue weighted by Crippen LogP contribution is -2.39. The van der Waals surface area contributed by atoms with Gasteiger partial charge in [-0.1, -0.05) is 24.3 Å². The third kappa shape index (κ3) is 4.35. The molecule has 1 amide bonds. The summed E-state index contributed by atoms with van der Waals surface area (Å²) in [6, 6.07) is 10.4. The summed E-state index contributed by atoms with van der Waals surface area (Å²) in [6.45, 7) is 0.254. The van der Waals surface area contributed by atoms with E-state index in [0.717, 1.165) is 12.1 Å². The standard InChI is InChI=1S/C22H17F4N3O2/c23-15-6-3-5-14(10-15)21(31)29-9-8-18-16(12-29)20(30)28-19(27-18)11-13-4-1-2-7-17(13)22(24,25)26/h1-7,10H,8-9,11-12H2,(H,27,28,30). The zero-order valence-electron chi connectivity index (χ0n) is 16.2. The SMILES string of the molecule is O=C(c1cccc(F)c1)N1CCc2nc(Cc3ccccc3C(F)(F)F)[nH]c(=O)c2C1. The van der Waals surface area contributed by atoms with Crippen molar-refractivity contribution in [3.63, 3.8) is 0 Å². The van der Waals surface area contributed by atoms with Crippen LogP contribution in [-0.4, -0.2) is 27.3 Å². The second-order valence-corrected chi connectivity index (χ2v) is 7.26. The summed E-state index contributed by atoms with van der Waals surface area (Å²) in [5.41, 5.74) is -0.358. The van der Waals surface area contributed by atoms with Crippen LogP contribution in [0.25, 0.3) is 0 Å². The molecule has 0 aliphatic carbocycles. The van der Waals surface area contributed by atoms with Gasteiger partial charge in [0.1, 0.15) is 11.6 Å². The molecule has 3 aromatic rings. The number of H-pyrrole nitrogens is 1. The van der Waals surface area contributed by atoms with Gasteiger partial charge in [-0.25, -0.2) is 9.37 Å². The van der Waals surface area contributed by atoms with Crippen molar-refractivity contribution in [3.8, 4) is 0 Å². The van der Waals surface area contributed by atoms with Gasteiger partial charge in [-0.2, -0.15) is 13.2 Å². The summed E-state index contributed by atoms with van der Waals surface area (Å²) >= 11 is 0. The van der Waals surface area contributed by atoms with Gasteiger partial charge in [-0.05, 0) is 29.8 Å². The average Bonchev–Trinajstić information content (AvgIpc) is 2.73. The Bertz CT molecular complexity index is 1200. The summed E-state index contributed by atoms with van der Waals surface area (Å²) < 4.78 is 53.1. The number of alkyl halides is 3. The molecule has 5 nitrogen and oxygen atoms in total. The van der Waals surface area contributed by atoms with Crippen LogP contribution in [0.15, 0.2) is 53.3 Å². The number of hydrogen-bond donors (Lipinski definition) is 1. The lowest BCUT2D eigenvalue weighted by Gasteiger charge is -2.28. The molecule has 0 bridgehead atoms. The predicted molar refractivity (Wildman–Crippen MR) is 104 cm³/mol. The maximum Gasteiger partial charge on any atom is 0.416 e. The van der Waals surface area contributed by atoms with Crippen LogP contribution in [0.3, 0.4) is 0 Å². The maximum atomic E-state index is 13.4. The van der Waals surface area contributed by atoms with Crippen molar-refractivity contribution in [1.82, 2.24) is 14.9 Å². The molecule has 1 aliphatic rings. The topological polar surface area (TPSA) is 66.1 Å². The Balaban J connectivity index is 1.59. The zero-order chi connectivity index (χ0) is 22.2. The molecule has 0 saturated heterocycles. The van der Waals surface area contributed by atoms with Gasteiger partial charge in [-0.15, -0.1) is 0 Å². The van der Waals surface area contributed by atoms with Crippen LogP contribution in [0.4, 0.5) is 17.6 Å². The molecule has 0 fully saturated rings. The minimum Gasteiger partial charge on any atom is -0.334 e. The van der Waals surface area contributed by atoms with E-state index in [-0.39, 0.29) is 48.4 Å². The smallest absolute Gasteiger partial charge is 0.334 e. The molecule has 0 unspecified atom stereocenters. The van der Waals surface area contributed by atoms with Crippen molar-refractivity contribution < 1.29 is 22.4 Å². The molecule has 31 heavy (non-hydrogen) atoms. The lowest BCUT2D eigenvalue weighted by molar-refractivity contribution is -0.138. The fourth-order valence-corrected chi connectivity index (χ4v) is 3.67. The minimum atomic E-state index is -4.51. The van der Waals surface area contributed by atoms with Crippen molar-refractivity contribution in [3.05, 3.63) is 98.5 Å². The van der Waals surface area contributed by atoms with Crippen molar-refractivity contribution >= 4 is 5.91 Å². The van der Waals surface area contributed by atoms with E-state index in [1.54, 1.807) is 0 Å². The van der Waals surface area contributed by atoms with E-state index in [9.17, 15) is 27.2 Å². The maximum absolute atomic E-state index is 13.4. The van der Waals surface area contributed by atoms with Crippen LogP contribution in [-0.2, 0) is 25.6 Å². The summed E-state index contributed by atoms with van der Waals surface area (Å²) in [5.74, 6) is -0.815. The highest BCUT2D eigenvalue weighted by Gasteiger charge is 2.33. The second kappa shape index (κ2) is 7.98. The van der Waals surface area contributed by atoms with Gasteiger partial charge in [0, 0.05) is 24.9 Å². The third-order valence-electron chi connectivity index (χ3n) is 5.16. The van der Waals surface area contributed by atoms with E-state index in [2.05, 4.69) is 9.97 Å². The Hall–Kier alpha value is -3.49. The number of carbonyl (C=O) groups is 1. The Morgan fingerprint density at radius 1 is 1.13 bits per heavy atom. The van der Waals surface area contributed by atoms with Crippen LogP contribution < -0.4 is 5.56 Å². The number of hydrogen-bond acceptors (Lipinski definition) is 3. The molecule has 9 heteroatoms. The van der Waals surface area contributed by atoms with E-state index in [1.165, 1.54) is 41.3 Å². The molecule has 0 saturated carbocycles. The molecule has 4 rings (SSSR count). The normalized spacial score (nSPS) is 13.7.